The molecule has 0 spiro atoms. The molecule has 0 aromatic heterocycles. The summed E-state index contributed by atoms with van der Waals surface area (Å²) in [5, 5.41) is 13.0. The van der Waals surface area contributed by atoms with Crippen molar-refractivity contribution in [3.05, 3.63) is 70.0 Å². The van der Waals surface area contributed by atoms with Crippen molar-refractivity contribution in [2.45, 2.75) is 13.0 Å². The van der Waals surface area contributed by atoms with Gasteiger partial charge in [0, 0.05) is 11.8 Å². The molecule has 2 rings (SSSR count). The molecule has 24 heavy (non-hydrogen) atoms. The van der Waals surface area contributed by atoms with E-state index >= 15 is 0 Å². The Balaban J connectivity index is 2.03. The van der Waals surface area contributed by atoms with Gasteiger partial charge in [0.25, 0.3) is 5.91 Å². The molecular weight excluding hydrogens is 319 g/mol. The van der Waals surface area contributed by atoms with Gasteiger partial charge in [0.15, 0.2) is 6.10 Å². The van der Waals surface area contributed by atoms with Gasteiger partial charge in [0.1, 0.15) is 0 Å². The first-order chi connectivity index (χ1) is 11.4. The van der Waals surface area contributed by atoms with Crippen LogP contribution in [-0.4, -0.2) is 22.9 Å². The van der Waals surface area contributed by atoms with Crippen molar-refractivity contribution in [2.75, 3.05) is 5.32 Å². The lowest BCUT2D eigenvalue weighted by atomic mass is 10.2. The van der Waals surface area contributed by atoms with E-state index < -0.39 is 34.4 Å². The van der Waals surface area contributed by atoms with Crippen LogP contribution in [0.3, 0.4) is 0 Å². The number of hydrogen-bond donors (Lipinski definition) is 1. The van der Waals surface area contributed by atoms with Crippen LogP contribution in [0.4, 0.5) is 15.8 Å². The fraction of sp³-hybridized carbons (Fsp3) is 0.125. The van der Waals surface area contributed by atoms with Crippen LogP contribution >= 0.6 is 0 Å². The minimum absolute atomic E-state index is 0.0238. The Labute approximate surface area is 136 Å². The molecule has 0 radical (unpaired) electrons. The second kappa shape index (κ2) is 7.32. The SMILES string of the molecule is C[C@H](OC(=O)c1ccccc1)C(=O)Nc1ccc(F)c([N+](=O)[O-])c1. The second-order valence-corrected chi connectivity index (χ2v) is 4.83. The number of ether oxygens (including phenoxy) is 1. The van der Waals surface area contributed by atoms with E-state index in [9.17, 15) is 24.1 Å². The van der Waals surface area contributed by atoms with E-state index in [1.165, 1.54) is 25.1 Å². The van der Waals surface area contributed by atoms with Crippen molar-refractivity contribution in [3.8, 4) is 0 Å². The summed E-state index contributed by atoms with van der Waals surface area (Å²) in [5.74, 6) is -2.38. The van der Waals surface area contributed by atoms with Gasteiger partial charge in [-0.05, 0) is 31.2 Å². The zero-order valence-electron chi connectivity index (χ0n) is 12.6. The molecule has 0 bridgehead atoms. The van der Waals surface area contributed by atoms with Crippen LogP contribution in [0.15, 0.2) is 48.5 Å². The number of nitro benzene ring substituents is 1. The lowest BCUT2D eigenvalue weighted by Crippen LogP contribution is -2.30. The summed E-state index contributed by atoms with van der Waals surface area (Å²) in [4.78, 5) is 33.6. The van der Waals surface area contributed by atoms with Gasteiger partial charge in [-0.15, -0.1) is 0 Å². The minimum atomic E-state index is -1.14. The van der Waals surface area contributed by atoms with Crippen molar-refractivity contribution in [3.63, 3.8) is 0 Å². The number of esters is 1. The molecule has 1 N–H and O–H groups in total. The summed E-state index contributed by atoms with van der Waals surface area (Å²) < 4.78 is 18.3. The first-order valence-electron chi connectivity index (χ1n) is 6.89. The summed E-state index contributed by atoms with van der Waals surface area (Å²) >= 11 is 0. The topological polar surface area (TPSA) is 98.5 Å². The zero-order chi connectivity index (χ0) is 17.7. The van der Waals surface area contributed by atoms with Crippen LogP contribution in [0.25, 0.3) is 0 Å². The third-order valence-electron chi connectivity index (χ3n) is 3.07. The van der Waals surface area contributed by atoms with Crippen molar-refractivity contribution in [1.82, 2.24) is 0 Å². The standard InChI is InChI=1S/C16H13FN2O5/c1-10(24-16(21)11-5-3-2-4-6-11)15(20)18-12-7-8-13(17)14(9-12)19(22)23/h2-10H,1H3,(H,18,20)/t10-/m0/s1. The average Bonchev–Trinajstić information content (AvgIpc) is 2.57. The monoisotopic (exact) mass is 332 g/mol. The van der Waals surface area contributed by atoms with Crippen molar-refractivity contribution < 1.29 is 23.6 Å². The number of amides is 1. The van der Waals surface area contributed by atoms with E-state index in [1.807, 2.05) is 0 Å². The molecule has 8 heteroatoms. The Morgan fingerprint density at radius 1 is 1.21 bits per heavy atom. The maximum atomic E-state index is 13.3. The molecule has 124 valence electrons. The highest BCUT2D eigenvalue weighted by atomic mass is 19.1. The van der Waals surface area contributed by atoms with E-state index in [1.54, 1.807) is 18.2 Å². The predicted molar refractivity (Wildman–Crippen MR) is 83.0 cm³/mol. The smallest absolute Gasteiger partial charge is 0.338 e. The third kappa shape index (κ3) is 4.13. The van der Waals surface area contributed by atoms with E-state index in [-0.39, 0.29) is 11.3 Å². The van der Waals surface area contributed by atoms with Gasteiger partial charge in [-0.1, -0.05) is 18.2 Å². The van der Waals surface area contributed by atoms with Gasteiger partial charge >= 0.3 is 11.7 Å². The second-order valence-electron chi connectivity index (χ2n) is 4.83. The van der Waals surface area contributed by atoms with E-state index in [0.717, 1.165) is 12.1 Å². The molecule has 1 amide bonds. The number of carbonyl (C=O) groups is 2. The molecule has 0 fully saturated rings. The van der Waals surface area contributed by atoms with Crippen LogP contribution in [0.5, 0.6) is 0 Å². The summed E-state index contributed by atoms with van der Waals surface area (Å²) in [5.41, 5.74) is -0.452. The number of rotatable bonds is 5. The van der Waals surface area contributed by atoms with Crippen LogP contribution in [0, 0.1) is 15.9 Å². The van der Waals surface area contributed by atoms with Crippen LogP contribution in [0.2, 0.25) is 0 Å². The fourth-order valence-corrected chi connectivity index (χ4v) is 1.83. The van der Waals surface area contributed by atoms with E-state index in [4.69, 9.17) is 4.74 Å². The Hall–Kier alpha value is -3.29. The van der Waals surface area contributed by atoms with Crippen molar-refractivity contribution in [2.24, 2.45) is 0 Å². The lowest BCUT2D eigenvalue weighted by Gasteiger charge is -2.13. The number of nitrogens with one attached hydrogen (secondary N) is 1. The Kier molecular flexibility index (Phi) is 5.20. The molecular formula is C16H13FN2O5. The largest absolute Gasteiger partial charge is 0.449 e. The predicted octanol–water partition coefficient (Wildman–Crippen LogP) is 2.92. The average molecular weight is 332 g/mol. The molecule has 0 saturated carbocycles. The maximum absolute atomic E-state index is 13.3. The normalized spacial score (nSPS) is 11.4. The number of halogens is 1. The summed E-state index contributed by atoms with van der Waals surface area (Å²) in [6.07, 6.45) is -1.14. The maximum Gasteiger partial charge on any atom is 0.338 e. The third-order valence-corrected chi connectivity index (χ3v) is 3.07. The molecule has 1 atom stereocenters. The van der Waals surface area contributed by atoms with E-state index in [2.05, 4.69) is 5.32 Å². The van der Waals surface area contributed by atoms with Gasteiger partial charge < -0.3 is 10.1 Å². The van der Waals surface area contributed by atoms with Gasteiger partial charge in [-0.3, -0.25) is 14.9 Å². The van der Waals surface area contributed by atoms with Gasteiger partial charge in [-0.2, -0.15) is 4.39 Å². The zero-order valence-corrected chi connectivity index (χ0v) is 12.6. The Bertz CT molecular complexity index is 779. The summed E-state index contributed by atoms with van der Waals surface area (Å²) in [6, 6.07) is 11.0. The molecule has 0 aliphatic carbocycles. The lowest BCUT2D eigenvalue weighted by molar-refractivity contribution is -0.387. The first kappa shape index (κ1) is 17.1. The molecule has 0 aliphatic heterocycles. The van der Waals surface area contributed by atoms with Gasteiger partial charge in [-0.25, -0.2) is 4.79 Å². The molecule has 0 heterocycles. The molecule has 2 aromatic rings. The van der Waals surface area contributed by atoms with Crippen LogP contribution in [0.1, 0.15) is 17.3 Å². The highest BCUT2D eigenvalue weighted by molar-refractivity contribution is 5.97. The highest BCUT2D eigenvalue weighted by Crippen LogP contribution is 2.21. The van der Waals surface area contributed by atoms with Crippen LogP contribution in [-0.2, 0) is 9.53 Å². The highest BCUT2D eigenvalue weighted by Gasteiger charge is 2.21. The van der Waals surface area contributed by atoms with E-state index in [0.29, 0.717) is 0 Å². The molecule has 0 saturated heterocycles. The molecule has 0 unspecified atom stereocenters. The minimum Gasteiger partial charge on any atom is -0.449 e. The van der Waals surface area contributed by atoms with Crippen molar-refractivity contribution in [1.29, 1.82) is 0 Å². The fourth-order valence-electron chi connectivity index (χ4n) is 1.83. The Morgan fingerprint density at radius 2 is 1.88 bits per heavy atom. The number of benzene rings is 2. The summed E-state index contributed by atoms with van der Waals surface area (Å²) in [6.45, 7) is 1.36. The van der Waals surface area contributed by atoms with Gasteiger partial charge in [0.2, 0.25) is 5.82 Å². The molecule has 7 nitrogen and oxygen atoms in total. The first-order valence-corrected chi connectivity index (χ1v) is 6.89. The number of hydrogen-bond acceptors (Lipinski definition) is 5. The number of anilines is 1. The van der Waals surface area contributed by atoms with Gasteiger partial charge in [0.05, 0.1) is 10.5 Å². The number of carbonyl (C=O) groups excluding carboxylic acids is 2. The molecule has 2 aromatic carbocycles. The number of nitro groups is 1. The number of nitrogens with zero attached hydrogens (tertiary/aromatic N) is 1. The van der Waals surface area contributed by atoms with Crippen LogP contribution < -0.4 is 5.32 Å². The summed E-state index contributed by atoms with van der Waals surface area (Å²) in [7, 11) is 0. The Morgan fingerprint density at radius 3 is 2.50 bits per heavy atom. The van der Waals surface area contributed by atoms with Crippen molar-refractivity contribution >= 4 is 23.3 Å². The molecule has 0 aliphatic rings. The quantitative estimate of drug-likeness (QED) is 0.515.